The average Bonchev–Trinajstić information content (AvgIpc) is 3.70. The van der Waals surface area contributed by atoms with Crippen molar-refractivity contribution in [2.45, 2.75) is 76.7 Å². The molecule has 0 saturated carbocycles. The van der Waals surface area contributed by atoms with Crippen LogP contribution in [-0.4, -0.2) is 92.0 Å². The van der Waals surface area contributed by atoms with Crippen molar-refractivity contribution in [3.8, 4) is 0 Å². The largest absolute Gasteiger partial charge is 0.513 e. The molecule has 0 spiro atoms. The lowest BCUT2D eigenvalue weighted by atomic mass is 9.98. The van der Waals surface area contributed by atoms with Crippen LogP contribution in [0.4, 0.5) is 0 Å². The average molecular weight is 701 g/mol. The third-order valence-corrected chi connectivity index (χ3v) is 9.11. The molecule has 3 aromatic heterocycles. The molecule has 51 heavy (non-hydrogen) atoms. The quantitative estimate of drug-likeness (QED) is 0.0808. The summed E-state index contributed by atoms with van der Waals surface area (Å²) in [5.41, 5.74) is 2.51. The molecule has 6 N–H and O–H groups in total. The Morgan fingerprint density at radius 1 is 0.980 bits per heavy atom. The highest BCUT2D eigenvalue weighted by Gasteiger charge is 2.37. The fourth-order valence-corrected chi connectivity index (χ4v) is 6.57. The van der Waals surface area contributed by atoms with Gasteiger partial charge in [0.2, 0.25) is 29.5 Å². The third kappa shape index (κ3) is 8.90. The number of hydrogen-bond acceptors (Lipinski definition) is 7. The van der Waals surface area contributed by atoms with E-state index in [9.17, 15) is 29.1 Å². The summed E-state index contributed by atoms with van der Waals surface area (Å²) >= 11 is 0. The van der Waals surface area contributed by atoms with E-state index in [-0.39, 0.29) is 30.9 Å². The number of H-pyrrole nitrogens is 1. The first-order chi connectivity index (χ1) is 24.4. The van der Waals surface area contributed by atoms with Gasteiger partial charge in [-0.3, -0.25) is 24.0 Å². The number of aliphatic hydroxyl groups is 1. The topological polar surface area (TPSA) is 195 Å². The van der Waals surface area contributed by atoms with Crippen molar-refractivity contribution < 1.29 is 33.6 Å². The molecule has 1 fully saturated rings. The number of carbonyl (C=O) groups excluding carboxylic acids is 5. The summed E-state index contributed by atoms with van der Waals surface area (Å²) in [6, 6.07) is 6.88. The SMILES string of the molecule is C=C(O)C[C@@H]1NC(=O)CNC(=O)[C@H](CCCCn2cc[n+]3ncccc23)NC(=O)[C@H](C(C)C)N(C)C(=O)[C@@H](Cc2c[nH]c3ccccc23)NC1=O. The zero-order valence-corrected chi connectivity index (χ0v) is 29.1. The van der Waals surface area contributed by atoms with Crippen molar-refractivity contribution in [3.05, 3.63) is 79.1 Å². The lowest BCUT2D eigenvalue weighted by Crippen LogP contribution is -2.59. The number of likely N-dealkylation sites (N-methyl/N-ethyl adjacent to an activating group) is 1. The second kappa shape index (κ2) is 16.3. The molecule has 5 rings (SSSR count). The Morgan fingerprint density at radius 3 is 2.51 bits per heavy atom. The Labute approximate surface area is 295 Å². The minimum Gasteiger partial charge on any atom is -0.513 e. The molecule has 0 radical (unpaired) electrons. The van der Waals surface area contributed by atoms with E-state index in [2.05, 4.69) is 37.9 Å². The van der Waals surface area contributed by atoms with Crippen LogP contribution in [0.2, 0.25) is 0 Å². The van der Waals surface area contributed by atoms with Gasteiger partial charge in [-0.1, -0.05) is 43.7 Å². The fraction of sp³-hybridized carbons (Fsp3) is 0.417. The maximum atomic E-state index is 14.3. The van der Waals surface area contributed by atoms with Crippen molar-refractivity contribution >= 4 is 46.1 Å². The molecular formula is C36H46N9O6+. The molecule has 1 aliphatic heterocycles. The van der Waals surface area contributed by atoms with Crippen LogP contribution in [0.5, 0.6) is 0 Å². The molecule has 270 valence electrons. The number of fused-ring (bicyclic) bond motifs is 2. The van der Waals surface area contributed by atoms with Gasteiger partial charge in [0.25, 0.3) is 0 Å². The number of aryl methyl sites for hydroxylation is 1. The monoisotopic (exact) mass is 700 g/mol. The molecule has 5 amide bonds. The summed E-state index contributed by atoms with van der Waals surface area (Å²) in [5, 5.41) is 25.9. The second-order valence-electron chi connectivity index (χ2n) is 13.2. The molecule has 1 saturated heterocycles. The molecule has 4 aromatic rings. The van der Waals surface area contributed by atoms with Crippen LogP contribution in [-0.2, 0) is 36.9 Å². The first kappa shape index (κ1) is 36.5. The molecule has 1 aromatic carbocycles. The predicted octanol–water partition coefficient (Wildman–Crippen LogP) is 1.05. The lowest BCUT2D eigenvalue weighted by Gasteiger charge is -2.34. The van der Waals surface area contributed by atoms with Gasteiger partial charge in [-0.25, -0.2) is 4.57 Å². The van der Waals surface area contributed by atoms with Crippen molar-refractivity contribution in [3.63, 3.8) is 0 Å². The maximum Gasteiger partial charge on any atom is 0.307 e. The summed E-state index contributed by atoms with van der Waals surface area (Å²) in [4.78, 5) is 72.9. The number of benzene rings is 1. The molecule has 0 aliphatic carbocycles. The van der Waals surface area contributed by atoms with Crippen LogP contribution < -0.4 is 25.8 Å². The Bertz CT molecular complexity index is 1920. The highest BCUT2D eigenvalue weighted by atomic mass is 16.3. The number of aliphatic hydroxyl groups excluding tert-OH is 1. The van der Waals surface area contributed by atoms with E-state index in [0.717, 1.165) is 22.1 Å². The third-order valence-electron chi connectivity index (χ3n) is 9.11. The predicted molar refractivity (Wildman–Crippen MR) is 188 cm³/mol. The number of carbonyl (C=O) groups is 5. The Kier molecular flexibility index (Phi) is 11.7. The number of nitrogens with zero attached hydrogens (tertiary/aromatic N) is 4. The molecule has 15 nitrogen and oxygen atoms in total. The first-order valence-corrected chi connectivity index (χ1v) is 17.1. The van der Waals surface area contributed by atoms with Gasteiger partial charge in [0, 0.05) is 43.1 Å². The van der Waals surface area contributed by atoms with E-state index < -0.39 is 60.2 Å². The van der Waals surface area contributed by atoms with Gasteiger partial charge in [0.05, 0.1) is 25.0 Å². The summed E-state index contributed by atoms with van der Waals surface area (Å²) in [5.74, 6) is -3.83. The smallest absolute Gasteiger partial charge is 0.307 e. The lowest BCUT2D eigenvalue weighted by molar-refractivity contribution is -0.579. The van der Waals surface area contributed by atoms with Crippen molar-refractivity contribution in [2.75, 3.05) is 13.6 Å². The summed E-state index contributed by atoms with van der Waals surface area (Å²) in [6.45, 7) is 7.22. The summed E-state index contributed by atoms with van der Waals surface area (Å²) < 4.78 is 3.80. The fourth-order valence-electron chi connectivity index (χ4n) is 6.57. The highest BCUT2D eigenvalue weighted by molar-refractivity contribution is 5.97. The number of amides is 5. The van der Waals surface area contributed by atoms with Gasteiger partial charge in [-0.2, -0.15) is 0 Å². The van der Waals surface area contributed by atoms with E-state index in [1.165, 1.54) is 11.9 Å². The molecule has 15 heteroatoms. The minimum absolute atomic E-state index is 0.0695. The van der Waals surface area contributed by atoms with Gasteiger partial charge >= 0.3 is 5.65 Å². The number of imidazole rings is 1. The van der Waals surface area contributed by atoms with E-state index in [0.29, 0.717) is 19.4 Å². The number of nitrogens with one attached hydrogen (secondary N) is 5. The zero-order valence-electron chi connectivity index (χ0n) is 29.1. The minimum atomic E-state index is -1.30. The molecule has 4 heterocycles. The normalized spacial score (nSPS) is 21.2. The standard InChI is InChI=1S/C36H45N9O6/c1-22(2)32-35(50)41-27(12-7-8-15-44-16-17-45-31(44)13-9-14-39-45)33(48)38-21-30(47)40-28(18-23(3)46)34(49)42-29(36(51)43(32)4)19-24-20-37-26-11-6-5-10-25(24)26/h5-6,9-11,13-14,16-17,20,22,27-29,32,37H,3,7-8,12,15,18-19,21H2,1-2,4H3,(H4-,38,40,41,42,46,47,48,49,50)/p+1/t27-,28-,29+,32-/m0/s1. The van der Waals surface area contributed by atoms with Gasteiger partial charge < -0.3 is 36.3 Å². The Balaban J connectivity index is 1.40. The number of rotatable bonds is 10. The van der Waals surface area contributed by atoms with Crippen LogP contribution in [0, 0.1) is 5.92 Å². The van der Waals surface area contributed by atoms with Crippen molar-refractivity contribution in [2.24, 2.45) is 5.92 Å². The summed E-state index contributed by atoms with van der Waals surface area (Å²) in [7, 11) is 1.50. The maximum absolute atomic E-state index is 14.3. The number of unbranched alkanes of at least 4 members (excludes halogenated alkanes) is 1. The Hall–Kier alpha value is -5.73. The van der Waals surface area contributed by atoms with Crippen LogP contribution in [0.15, 0.2) is 73.5 Å². The van der Waals surface area contributed by atoms with Crippen LogP contribution in [0.25, 0.3) is 16.6 Å². The van der Waals surface area contributed by atoms with Crippen LogP contribution in [0.1, 0.15) is 45.1 Å². The van der Waals surface area contributed by atoms with Gasteiger partial charge in [-0.15, -0.1) is 4.52 Å². The second-order valence-corrected chi connectivity index (χ2v) is 13.2. The van der Waals surface area contributed by atoms with E-state index in [4.69, 9.17) is 0 Å². The van der Waals surface area contributed by atoms with Gasteiger partial charge in [0.15, 0.2) is 6.20 Å². The number of hydrogen-bond donors (Lipinski definition) is 6. The van der Waals surface area contributed by atoms with Crippen molar-refractivity contribution in [1.29, 1.82) is 0 Å². The molecule has 0 bridgehead atoms. The van der Waals surface area contributed by atoms with Crippen molar-refractivity contribution in [1.82, 2.24) is 40.8 Å². The first-order valence-electron chi connectivity index (χ1n) is 17.1. The van der Waals surface area contributed by atoms with Gasteiger partial charge in [0.1, 0.15) is 30.4 Å². The van der Waals surface area contributed by atoms with Gasteiger partial charge in [-0.05, 0) is 42.9 Å². The molecular weight excluding hydrogens is 654 g/mol. The summed E-state index contributed by atoms with van der Waals surface area (Å²) in [6.07, 6.45) is 8.49. The van der Waals surface area contributed by atoms with Crippen LogP contribution >= 0.6 is 0 Å². The van der Waals surface area contributed by atoms with E-state index >= 15 is 0 Å². The highest BCUT2D eigenvalue weighted by Crippen LogP contribution is 2.21. The number of para-hydroxylation sites is 1. The van der Waals surface area contributed by atoms with Crippen LogP contribution in [0.3, 0.4) is 0 Å². The number of aromatic amines is 1. The number of aromatic nitrogens is 4. The molecule has 0 unspecified atom stereocenters. The van der Waals surface area contributed by atoms with E-state index in [1.807, 2.05) is 53.4 Å². The molecule has 1 aliphatic rings. The van der Waals surface area contributed by atoms with E-state index in [1.54, 1.807) is 30.8 Å². The zero-order chi connectivity index (χ0) is 36.7. The molecule has 4 atom stereocenters. The Morgan fingerprint density at radius 2 is 1.75 bits per heavy atom.